The van der Waals surface area contributed by atoms with E-state index in [0.717, 1.165) is 17.5 Å². The van der Waals surface area contributed by atoms with Gasteiger partial charge in [-0.25, -0.2) is 0 Å². The summed E-state index contributed by atoms with van der Waals surface area (Å²) in [5.74, 6) is 0.428. The molecule has 24 heavy (non-hydrogen) atoms. The Morgan fingerprint density at radius 3 is 2.75 bits per heavy atom. The summed E-state index contributed by atoms with van der Waals surface area (Å²) in [6.07, 6.45) is 0.794. The van der Waals surface area contributed by atoms with Gasteiger partial charge in [0, 0.05) is 5.69 Å². The number of ether oxygens (including phenoxy) is 2. The molecule has 1 aliphatic rings. The lowest BCUT2D eigenvalue weighted by molar-refractivity contribution is -0.127. The maximum Gasteiger partial charge on any atom is 0.253 e. The predicted molar refractivity (Wildman–Crippen MR) is 90.6 cm³/mol. The van der Waals surface area contributed by atoms with Gasteiger partial charge in [0.15, 0.2) is 6.29 Å². The number of nitrogens with zero attached hydrogens (tertiary/aromatic N) is 1. The third-order valence-corrected chi connectivity index (χ3v) is 4.04. The fraction of sp³-hybridized carbons (Fsp3) is 0.263. The van der Waals surface area contributed by atoms with Crippen molar-refractivity contribution in [1.82, 2.24) is 0 Å². The summed E-state index contributed by atoms with van der Waals surface area (Å²) in [7, 11) is 0. The first kappa shape index (κ1) is 16.2. The van der Waals surface area contributed by atoms with Crippen LogP contribution in [-0.4, -0.2) is 38.1 Å². The summed E-state index contributed by atoms with van der Waals surface area (Å²) in [5, 5.41) is 0. The normalized spacial score (nSPS) is 17.6. The van der Waals surface area contributed by atoms with Gasteiger partial charge in [-0.1, -0.05) is 30.3 Å². The number of benzene rings is 2. The molecule has 124 valence electrons. The predicted octanol–water partition coefficient (Wildman–Crippen LogP) is 2.62. The minimum absolute atomic E-state index is 0.0649. The SMILES string of the molecule is Cc1cccc(OC[C@@H]2COCC(=O)N2c2ccccc2)c1C=O. The first-order valence-corrected chi connectivity index (χ1v) is 7.83. The number of amides is 1. The van der Waals surface area contributed by atoms with E-state index in [-0.39, 0.29) is 25.2 Å². The zero-order valence-electron chi connectivity index (χ0n) is 13.5. The minimum atomic E-state index is -0.242. The van der Waals surface area contributed by atoms with Gasteiger partial charge in [-0.05, 0) is 30.7 Å². The molecule has 1 amide bonds. The maximum atomic E-state index is 12.3. The summed E-state index contributed by atoms with van der Waals surface area (Å²) < 4.78 is 11.2. The molecule has 1 saturated heterocycles. The minimum Gasteiger partial charge on any atom is -0.491 e. The molecular weight excluding hydrogens is 306 g/mol. The zero-order chi connectivity index (χ0) is 16.9. The van der Waals surface area contributed by atoms with Crippen LogP contribution in [0.2, 0.25) is 0 Å². The molecule has 0 unspecified atom stereocenters. The average Bonchev–Trinajstić information content (AvgIpc) is 2.60. The smallest absolute Gasteiger partial charge is 0.253 e. The van der Waals surface area contributed by atoms with E-state index < -0.39 is 0 Å². The van der Waals surface area contributed by atoms with Gasteiger partial charge in [-0.3, -0.25) is 9.59 Å². The fourth-order valence-electron chi connectivity index (χ4n) is 2.81. The highest BCUT2D eigenvalue weighted by atomic mass is 16.5. The van der Waals surface area contributed by atoms with E-state index in [1.165, 1.54) is 0 Å². The van der Waals surface area contributed by atoms with Crippen molar-refractivity contribution in [3.8, 4) is 5.75 Å². The Hall–Kier alpha value is -2.66. The van der Waals surface area contributed by atoms with Crippen LogP contribution in [0.5, 0.6) is 5.75 Å². The standard InChI is InChI=1S/C19H19NO4/c1-14-6-5-9-18(17(14)10-21)24-12-16-11-23-13-19(22)20(16)15-7-3-2-4-8-15/h2-10,16H,11-13H2,1H3/t16-/m0/s1. The number of rotatable bonds is 5. The fourth-order valence-corrected chi connectivity index (χ4v) is 2.81. The molecule has 0 radical (unpaired) electrons. The van der Waals surface area contributed by atoms with Crippen molar-refractivity contribution >= 4 is 17.9 Å². The lowest BCUT2D eigenvalue weighted by Gasteiger charge is -2.35. The molecule has 1 aliphatic heterocycles. The number of morpholine rings is 1. The van der Waals surface area contributed by atoms with E-state index in [1.54, 1.807) is 11.0 Å². The lowest BCUT2D eigenvalue weighted by atomic mass is 10.1. The monoisotopic (exact) mass is 325 g/mol. The molecule has 1 atom stereocenters. The van der Waals surface area contributed by atoms with Crippen molar-refractivity contribution in [2.75, 3.05) is 24.7 Å². The van der Waals surface area contributed by atoms with Gasteiger partial charge in [-0.2, -0.15) is 0 Å². The molecule has 0 bridgehead atoms. The van der Waals surface area contributed by atoms with Crippen molar-refractivity contribution in [1.29, 1.82) is 0 Å². The second-order valence-corrected chi connectivity index (χ2v) is 5.68. The van der Waals surface area contributed by atoms with Gasteiger partial charge in [-0.15, -0.1) is 0 Å². The van der Waals surface area contributed by atoms with E-state index in [2.05, 4.69) is 0 Å². The third-order valence-electron chi connectivity index (χ3n) is 4.04. The third kappa shape index (κ3) is 3.31. The van der Waals surface area contributed by atoms with Crippen LogP contribution in [0, 0.1) is 6.92 Å². The quantitative estimate of drug-likeness (QED) is 0.793. The van der Waals surface area contributed by atoms with Crippen molar-refractivity contribution in [3.63, 3.8) is 0 Å². The second kappa shape index (κ2) is 7.27. The van der Waals surface area contributed by atoms with Gasteiger partial charge in [0.2, 0.25) is 0 Å². The molecule has 0 saturated carbocycles. The molecule has 0 spiro atoms. The highest BCUT2D eigenvalue weighted by Crippen LogP contribution is 2.23. The number of aryl methyl sites for hydroxylation is 1. The lowest BCUT2D eigenvalue weighted by Crippen LogP contribution is -2.52. The summed E-state index contributed by atoms with van der Waals surface area (Å²) in [5.41, 5.74) is 2.21. The Morgan fingerprint density at radius 1 is 1.21 bits per heavy atom. The van der Waals surface area contributed by atoms with Crippen molar-refractivity contribution in [2.24, 2.45) is 0 Å². The van der Waals surface area contributed by atoms with Crippen molar-refractivity contribution < 1.29 is 19.1 Å². The molecule has 0 aromatic heterocycles. The van der Waals surface area contributed by atoms with Crippen LogP contribution in [0.1, 0.15) is 15.9 Å². The van der Waals surface area contributed by atoms with Crippen LogP contribution >= 0.6 is 0 Å². The Labute approximate surface area is 140 Å². The van der Waals surface area contributed by atoms with E-state index >= 15 is 0 Å². The van der Waals surface area contributed by atoms with Crippen LogP contribution in [0.4, 0.5) is 5.69 Å². The first-order chi connectivity index (χ1) is 11.7. The number of carbonyl (C=O) groups excluding carboxylic acids is 2. The van der Waals surface area contributed by atoms with Gasteiger partial charge < -0.3 is 14.4 Å². The summed E-state index contributed by atoms with van der Waals surface area (Å²) in [6, 6.07) is 14.7. The summed E-state index contributed by atoms with van der Waals surface area (Å²) in [6.45, 7) is 2.57. The van der Waals surface area contributed by atoms with Crippen molar-refractivity contribution in [3.05, 3.63) is 59.7 Å². The Balaban J connectivity index is 1.79. The summed E-state index contributed by atoms with van der Waals surface area (Å²) in [4.78, 5) is 25.3. The molecule has 5 nitrogen and oxygen atoms in total. The van der Waals surface area contributed by atoms with Crippen LogP contribution in [0.15, 0.2) is 48.5 Å². The van der Waals surface area contributed by atoms with E-state index in [1.807, 2.05) is 49.4 Å². The Morgan fingerprint density at radius 2 is 2.00 bits per heavy atom. The molecule has 2 aromatic rings. The Bertz CT molecular complexity index is 729. The maximum absolute atomic E-state index is 12.3. The molecule has 1 fully saturated rings. The molecule has 3 rings (SSSR count). The number of anilines is 1. The number of aldehydes is 1. The topological polar surface area (TPSA) is 55.8 Å². The summed E-state index contributed by atoms with van der Waals surface area (Å²) >= 11 is 0. The van der Waals surface area contributed by atoms with Crippen LogP contribution < -0.4 is 9.64 Å². The number of hydrogen-bond donors (Lipinski definition) is 0. The number of para-hydroxylation sites is 1. The van der Waals surface area contributed by atoms with Gasteiger partial charge in [0.1, 0.15) is 19.0 Å². The average molecular weight is 325 g/mol. The highest BCUT2D eigenvalue weighted by Gasteiger charge is 2.30. The van der Waals surface area contributed by atoms with Crippen LogP contribution in [0.25, 0.3) is 0 Å². The van der Waals surface area contributed by atoms with E-state index in [9.17, 15) is 9.59 Å². The Kier molecular flexibility index (Phi) is 4.91. The number of carbonyl (C=O) groups is 2. The van der Waals surface area contributed by atoms with Crippen molar-refractivity contribution in [2.45, 2.75) is 13.0 Å². The molecule has 5 heteroatoms. The van der Waals surface area contributed by atoms with Crippen LogP contribution in [0.3, 0.4) is 0 Å². The number of hydrogen-bond acceptors (Lipinski definition) is 4. The second-order valence-electron chi connectivity index (χ2n) is 5.68. The van der Waals surface area contributed by atoms with Gasteiger partial charge in [0.05, 0.1) is 18.2 Å². The highest BCUT2D eigenvalue weighted by molar-refractivity contribution is 5.95. The van der Waals surface area contributed by atoms with E-state index in [0.29, 0.717) is 17.9 Å². The van der Waals surface area contributed by atoms with Gasteiger partial charge >= 0.3 is 0 Å². The molecule has 1 heterocycles. The van der Waals surface area contributed by atoms with E-state index in [4.69, 9.17) is 9.47 Å². The largest absolute Gasteiger partial charge is 0.491 e. The molecule has 0 aliphatic carbocycles. The zero-order valence-corrected chi connectivity index (χ0v) is 13.5. The van der Waals surface area contributed by atoms with Gasteiger partial charge in [0.25, 0.3) is 5.91 Å². The van der Waals surface area contributed by atoms with Crippen LogP contribution in [-0.2, 0) is 9.53 Å². The molecule has 0 N–H and O–H groups in total. The molecular formula is C19H19NO4. The molecule has 2 aromatic carbocycles. The first-order valence-electron chi connectivity index (χ1n) is 7.83.